The molecule has 2 N–H and O–H groups in total. The van der Waals surface area contributed by atoms with Crippen LogP contribution in [0.3, 0.4) is 0 Å². The number of nitrogens with one attached hydrogen (secondary N) is 1. The van der Waals surface area contributed by atoms with Crippen LogP contribution >= 0.6 is 0 Å². The van der Waals surface area contributed by atoms with E-state index in [1.165, 1.54) is 5.56 Å². The molecular formula is C15H21NO3. The van der Waals surface area contributed by atoms with Crippen LogP contribution in [0.15, 0.2) is 24.3 Å². The first-order valence-electron chi connectivity index (χ1n) is 6.48. The number of carbonyl (C=O) groups excluding carboxylic acids is 1. The van der Waals surface area contributed by atoms with Crippen LogP contribution in [0.4, 0.5) is 0 Å². The third-order valence-corrected chi connectivity index (χ3v) is 2.93. The Labute approximate surface area is 113 Å². The summed E-state index contributed by atoms with van der Waals surface area (Å²) in [5.74, 6) is -1.04. The quantitative estimate of drug-likeness (QED) is 0.826. The zero-order valence-electron chi connectivity index (χ0n) is 11.6. The minimum Gasteiger partial charge on any atom is -0.480 e. The first kappa shape index (κ1) is 15.2. The van der Waals surface area contributed by atoms with E-state index in [9.17, 15) is 9.59 Å². The maximum absolute atomic E-state index is 11.7. The van der Waals surface area contributed by atoms with E-state index in [0.29, 0.717) is 5.92 Å². The fourth-order valence-electron chi connectivity index (χ4n) is 1.88. The van der Waals surface area contributed by atoms with Gasteiger partial charge in [-0.15, -0.1) is 0 Å². The summed E-state index contributed by atoms with van der Waals surface area (Å²) in [6.07, 6.45) is 1.01. The van der Waals surface area contributed by atoms with Crippen LogP contribution in [0.1, 0.15) is 37.8 Å². The van der Waals surface area contributed by atoms with Crippen molar-refractivity contribution in [3.05, 3.63) is 35.4 Å². The van der Waals surface area contributed by atoms with Crippen molar-refractivity contribution in [2.24, 2.45) is 5.92 Å². The van der Waals surface area contributed by atoms with Crippen LogP contribution in [0.25, 0.3) is 0 Å². The first-order chi connectivity index (χ1) is 8.90. The molecule has 0 spiro atoms. The van der Waals surface area contributed by atoms with Crippen molar-refractivity contribution in [1.29, 1.82) is 0 Å². The molecule has 19 heavy (non-hydrogen) atoms. The first-order valence-corrected chi connectivity index (χ1v) is 6.48. The average Bonchev–Trinajstić information content (AvgIpc) is 2.35. The van der Waals surface area contributed by atoms with Gasteiger partial charge in [-0.3, -0.25) is 9.59 Å². The number of benzene rings is 1. The molecule has 104 valence electrons. The zero-order chi connectivity index (χ0) is 14.4. The van der Waals surface area contributed by atoms with Crippen molar-refractivity contribution in [3.8, 4) is 0 Å². The number of hydrogen-bond donors (Lipinski definition) is 2. The van der Waals surface area contributed by atoms with Crippen molar-refractivity contribution >= 4 is 11.9 Å². The van der Waals surface area contributed by atoms with Gasteiger partial charge in [-0.1, -0.05) is 38.1 Å². The van der Waals surface area contributed by atoms with Gasteiger partial charge < -0.3 is 10.4 Å². The van der Waals surface area contributed by atoms with Gasteiger partial charge in [0.2, 0.25) is 5.91 Å². The van der Waals surface area contributed by atoms with Crippen LogP contribution < -0.4 is 5.32 Å². The summed E-state index contributed by atoms with van der Waals surface area (Å²) in [7, 11) is 0. The smallest absolute Gasteiger partial charge is 0.322 e. The topological polar surface area (TPSA) is 66.4 Å². The minimum atomic E-state index is -1.03. The molecule has 0 heterocycles. The van der Waals surface area contributed by atoms with Crippen molar-refractivity contribution in [3.63, 3.8) is 0 Å². The molecule has 0 unspecified atom stereocenters. The average molecular weight is 263 g/mol. The molecule has 0 saturated carbocycles. The maximum atomic E-state index is 11.7. The lowest BCUT2D eigenvalue weighted by molar-refractivity contribution is -0.138. The van der Waals surface area contributed by atoms with Crippen LogP contribution in [0.2, 0.25) is 0 Å². The van der Waals surface area contributed by atoms with Gasteiger partial charge in [-0.05, 0) is 30.4 Å². The molecule has 1 rings (SSSR count). The highest BCUT2D eigenvalue weighted by Gasteiger charge is 2.15. The molecule has 1 aromatic carbocycles. The highest BCUT2D eigenvalue weighted by Crippen LogP contribution is 2.17. The standard InChI is InChI=1S/C15H21NO3/c1-10(2)8-12-4-6-13(7-5-12)11(3)15(19)16-9-14(17)18/h4-7,10-11H,8-9H2,1-3H3,(H,16,19)(H,17,18)/t11-/m0/s1. The lowest BCUT2D eigenvalue weighted by Gasteiger charge is -2.12. The van der Waals surface area contributed by atoms with Gasteiger partial charge >= 0.3 is 5.97 Å². The predicted octanol–water partition coefficient (Wildman–Crippen LogP) is 2.19. The maximum Gasteiger partial charge on any atom is 0.322 e. The molecule has 1 amide bonds. The number of carbonyl (C=O) groups is 2. The fourth-order valence-corrected chi connectivity index (χ4v) is 1.88. The molecule has 0 radical (unpaired) electrons. The predicted molar refractivity (Wildman–Crippen MR) is 74.0 cm³/mol. The van der Waals surface area contributed by atoms with Crippen molar-refractivity contribution < 1.29 is 14.7 Å². The second-order valence-electron chi connectivity index (χ2n) is 5.17. The Morgan fingerprint density at radius 2 is 1.74 bits per heavy atom. The van der Waals surface area contributed by atoms with Gasteiger partial charge in [0.25, 0.3) is 0 Å². The van der Waals surface area contributed by atoms with Gasteiger partial charge in [0, 0.05) is 0 Å². The summed E-state index contributed by atoms with van der Waals surface area (Å²) in [4.78, 5) is 22.1. The summed E-state index contributed by atoms with van der Waals surface area (Å²) in [5.41, 5.74) is 2.15. The van der Waals surface area contributed by atoms with Crippen molar-refractivity contribution in [2.75, 3.05) is 6.54 Å². The number of amides is 1. The Bertz CT molecular complexity index is 437. The van der Waals surface area contributed by atoms with E-state index in [0.717, 1.165) is 12.0 Å². The molecule has 0 bridgehead atoms. The van der Waals surface area contributed by atoms with E-state index in [4.69, 9.17) is 5.11 Å². The molecule has 0 aliphatic carbocycles. The van der Waals surface area contributed by atoms with Crippen LogP contribution in [-0.2, 0) is 16.0 Å². The number of hydrogen-bond acceptors (Lipinski definition) is 2. The molecule has 4 nitrogen and oxygen atoms in total. The lowest BCUT2D eigenvalue weighted by atomic mass is 9.96. The summed E-state index contributed by atoms with van der Waals surface area (Å²) < 4.78 is 0. The van der Waals surface area contributed by atoms with Crippen LogP contribution in [0, 0.1) is 5.92 Å². The largest absolute Gasteiger partial charge is 0.480 e. The number of rotatable bonds is 6. The molecule has 1 atom stereocenters. The third-order valence-electron chi connectivity index (χ3n) is 2.93. The summed E-state index contributed by atoms with van der Waals surface area (Å²) >= 11 is 0. The van der Waals surface area contributed by atoms with Gasteiger partial charge in [-0.2, -0.15) is 0 Å². The minimum absolute atomic E-state index is 0.265. The SMILES string of the molecule is CC(C)Cc1ccc([C@H](C)C(=O)NCC(=O)O)cc1. The summed E-state index contributed by atoms with van der Waals surface area (Å²) in [6, 6.07) is 7.91. The van der Waals surface area contributed by atoms with E-state index in [2.05, 4.69) is 19.2 Å². The van der Waals surface area contributed by atoms with Gasteiger partial charge in [0.1, 0.15) is 6.54 Å². The van der Waals surface area contributed by atoms with Crippen molar-refractivity contribution in [2.45, 2.75) is 33.1 Å². The molecule has 0 fully saturated rings. The molecule has 0 aromatic heterocycles. The Morgan fingerprint density at radius 1 is 1.16 bits per heavy atom. The second-order valence-corrected chi connectivity index (χ2v) is 5.17. The van der Waals surface area contributed by atoms with E-state index < -0.39 is 5.97 Å². The number of aliphatic carboxylic acids is 1. The normalized spacial score (nSPS) is 12.2. The number of carboxylic acids is 1. The highest BCUT2D eigenvalue weighted by molar-refractivity contribution is 5.86. The monoisotopic (exact) mass is 263 g/mol. The lowest BCUT2D eigenvalue weighted by Crippen LogP contribution is -2.32. The van der Waals surface area contributed by atoms with E-state index in [-0.39, 0.29) is 18.4 Å². The molecule has 0 aliphatic heterocycles. The Balaban J connectivity index is 2.64. The van der Waals surface area contributed by atoms with Crippen LogP contribution in [-0.4, -0.2) is 23.5 Å². The summed E-state index contributed by atoms with van der Waals surface area (Å²) in [6.45, 7) is 5.76. The van der Waals surface area contributed by atoms with Crippen LogP contribution in [0.5, 0.6) is 0 Å². The van der Waals surface area contributed by atoms with E-state index >= 15 is 0 Å². The Kier molecular flexibility index (Phi) is 5.55. The van der Waals surface area contributed by atoms with Gasteiger partial charge in [0.05, 0.1) is 5.92 Å². The molecule has 0 aliphatic rings. The van der Waals surface area contributed by atoms with E-state index in [1.807, 2.05) is 24.3 Å². The molecule has 1 aromatic rings. The van der Waals surface area contributed by atoms with E-state index in [1.54, 1.807) is 6.92 Å². The number of carboxylic acid groups (broad SMARTS) is 1. The molecule has 4 heteroatoms. The Morgan fingerprint density at radius 3 is 2.21 bits per heavy atom. The molecular weight excluding hydrogens is 242 g/mol. The summed E-state index contributed by atoms with van der Waals surface area (Å²) in [5, 5.41) is 10.9. The highest BCUT2D eigenvalue weighted by atomic mass is 16.4. The molecule has 0 saturated heterocycles. The van der Waals surface area contributed by atoms with Gasteiger partial charge in [-0.25, -0.2) is 0 Å². The third kappa shape index (κ3) is 5.12. The van der Waals surface area contributed by atoms with Crippen molar-refractivity contribution in [1.82, 2.24) is 5.32 Å². The zero-order valence-corrected chi connectivity index (χ0v) is 11.6. The fraction of sp³-hybridized carbons (Fsp3) is 0.467. The van der Waals surface area contributed by atoms with Gasteiger partial charge in [0.15, 0.2) is 0 Å². The Hall–Kier alpha value is -1.84. The second kappa shape index (κ2) is 6.92.